The van der Waals surface area contributed by atoms with E-state index >= 15 is 0 Å². The molecule has 20 heavy (non-hydrogen) atoms. The summed E-state index contributed by atoms with van der Waals surface area (Å²) >= 11 is 0. The Morgan fingerprint density at radius 2 is 1.85 bits per heavy atom. The number of carbonyl (C=O) groups is 3. The molecule has 0 fully saturated rings. The molecule has 0 aromatic heterocycles. The van der Waals surface area contributed by atoms with Gasteiger partial charge in [0.2, 0.25) is 5.91 Å². The molecular weight excluding hydrogens is 262 g/mol. The molecule has 6 heteroatoms. The van der Waals surface area contributed by atoms with Crippen molar-refractivity contribution in [3.8, 4) is 0 Å². The first-order valence-electron chi connectivity index (χ1n) is 6.76. The van der Waals surface area contributed by atoms with E-state index < -0.39 is 29.8 Å². The molecule has 0 heterocycles. The molecule has 0 aromatic carbocycles. The lowest BCUT2D eigenvalue weighted by molar-refractivity contribution is -0.148. The fraction of sp³-hybridized carbons (Fsp3) is 0.643. The number of aliphatic carboxylic acids is 2. The molecule has 1 unspecified atom stereocenters. The minimum absolute atomic E-state index is 0.374. The van der Waals surface area contributed by atoms with Crippen molar-refractivity contribution in [3.05, 3.63) is 12.2 Å². The van der Waals surface area contributed by atoms with E-state index in [1.807, 2.05) is 6.08 Å². The van der Waals surface area contributed by atoms with Crippen LogP contribution in [0.15, 0.2) is 12.2 Å². The Kier molecular flexibility index (Phi) is 5.73. The molecule has 112 valence electrons. The van der Waals surface area contributed by atoms with Gasteiger partial charge < -0.3 is 15.5 Å². The summed E-state index contributed by atoms with van der Waals surface area (Å²) in [6.45, 7) is 1.81. The fourth-order valence-electron chi connectivity index (χ4n) is 2.31. The number of allylic oxidation sites excluding steroid dienone is 2. The van der Waals surface area contributed by atoms with Crippen LogP contribution in [0.4, 0.5) is 0 Å². The summed E-state index contributed by atoms with van der Waals surface area (Å²) in [5, 5.41) is 20.0. The van der Waals surface area contributed by atoms with Crippen LogP contribution in [0.3, 0.4) is 0 Å². The fourth-order valence-corrected chi connectivity index (χ4v) is 2.31. The smallest absolute Gasteiger partial charge is 0.326 e. The van der Waals surface area contributed by atoms with Gasteiger partial charge >= 0.3 is 11.9 Å². The summed E-state index contributed by atoms with van der Waals surface area (Å²) in [5.74, 6) is -2.94. The van der Waals surface area contributed by atoms with E-state index in [0.717, 1.165) is 19.3 Å². The molecule has 0 aliphatic heterocycles. The molecule has 6 nitrogen and oxygen atoms in total. The zero-order valence-corrected chi connectivity index (χ0v) is 11.6. The molecule has 1 aliphatic rings. The number of carbonyl (C=O) groups excluding carboxylic acids is 1. The van der Waals surface area contributed by atoms with Crippen LogP contribution in [0, 0.1) is 5.41 Å². The van der Waals surface area contributed by atoms with Crippen molar-refractivity contribution in [2.75, 3.05) is 0 Å². The predicted molar refractivity (Wildman–Crippen MR) is 72.2 cm³/mol. The molecule has 1 amide bonds. The van der Waals surface area contributed by atoms with E-state index in [4.69, 9.17) is 10.2 Å². The van der Waals surface area contributed by atoms with Crippen molar-refractivity contribution in [3.63, 3.8) is 0 Å². The van der Waals surface area contributed by atoms with Gasteiger partial charge in [0.05, 0.1) is 6.42 Å². The van der Waals surface area contributed by atoms with E-state index in [0.29, 0.717) is 12.8 Å². The molecule has 3 N–H and O–H groups in total. The molecule has 2 atom stereocenters. The molecule has 1 rings (SSSR count). The highest BCUT2D eigenvalue weighted by molar-refractivity contribution is 5.89. The Hall–Kier alpha value is -1.85. The van der Waals surface area contributed by atoms with E-state index in [1.165, 1.54) is 0 Å². The van der Waals surface area contributed by atoms with Crippen LogP contribution in [0.5, 0.6) is 0 Å². The molecule has 0 aromatic rings. The summed E-state index contributed by atoms with van der Waals surface area (Å²) in [6.07, 6.45) is 7.32. The van der Waals surface area contributed by atoms with E-state index in [-0.39, 0.29) is 5.91 Å². The monoisotopic (exact) mass is 283 g/mol. The predicted octanol–water partition coefficient (Wildman–Crippen LogP) is 1.56. The highest BCUT2D eigenvalue weighted by atomic mass is 16.4. The quantitative estimate of drug-likeness (QED) is 0.664. The first-order chi connectivity index (χ1) is 9.35. The van der Waals surface area contributed by atoms with Crippen molar-refractivity contribution in [2.45, 2.75) is 51.5 Å². The van der Waals surface area contributed by atoms with Crippen molar-refractivity contribution >= 4 is 17.8 Å². The second kappa shape index (κ2) is 7.07. The van der Waals surface area contributed by atoms with Gasteiger partial charge in [-0.05, 0) is 32.1 Å². The van der Waals surface area contributed by atoms with Gasteiger partial charge in [-0.1, -0.05) is 19.1 Å². The van der Waals surface area contributed by atoms with Gasteiger partial charge in [-0.25, -0.2) is 4.79 Å². The van der Waals surface area contributed by atoms with Gasteiger partial charge in [-0.3, -0.25) is 9.59 Å². The minimum Gasteiger partial charge on any atom is -0.481 e. The third-order valence-corrected chi connectivity index (χ3v) is 3.66. The lowest BCUT2D eigenvalue weighted by Gasteiger charge is -2.30. The second-order valence-corrected chi connectivity index (χ2v) is 5.43. The number of carboxylic acid groups (broad SMARTS) is 2. The lowest BCUT2D eigenvalue weighted by atomic mass is 9.78. The van der Waals surface area contributed by atoms with Crippen LogP contribution in [0.25, 0.3) is 0 Å². The van der Waals surface area contributed by atoms with Gasteiger partial charge in [0.15, 0.2) is 0 Å². The van der Waals surface area contributed by atoms with Crippen molar-refractivity contribution in [1.29, 1.82) is 0 Å². The molecule has 1 aliphatic carbocycles. The molecule has 0 bridgehead atoms. The largest absolute Gasteiger partial charge is 0.481 e. The number of rotatable bonds is 5. The van der Waals surface area contributed by atoms with Gasteiger partial charge in [-0.15, -0.1) is 0 Å². The summed E-state index contributed by atoms with van der Waals surface area (Å²) in [7, 11) is 0. The first-order valence-corrected chi connectivity index (χ1v) is 6.76. The van der Waals surface area contributed by atoms with Crippen molar-refractivity contribution in [1.82, 2.24) is 5.32 Å². The van der Waals surface area contributed by atoms with Crippen molar-refractivity contribution in [2.24, 2.45) is 5.41 Å². The summed E-state index contributed by atoms with van der Waals surface area (Å²) in [5.41, 5.74) is -0.642. The molecule has 0 spiro atoms. The van der Waals surface area contributed by atoms with Gasteiger partial charge in [0.1, 0.15) is 6.04 Å². The van der Waals surface area contributed by atoms with Crippen LogP contribution in [-0.2, 0) is 14.4 Å². The standard InChI is InChI=1S/C14H21NO5/c1-14(7-5-3-2-4-6-8-14)13(20)15-10(12(18)19)9-11(16)17/h2-3,10H,4-9H2,1H3,(H,15,20)(H,16,17)(H,18,19)/t10-,14?/m0/s1. The van der Waals surface area contributed by atoms with Crippen LogP contribution in [-0.4, -0.2) is 34.1 Å². The van der Waals surface area contributed by atoms with E-state index in [1.54, 1.807) is 6.92 Å². The number of hydrogen-bond donors (Lipinski definition) is 3. The minimum atomic E-state index is -1.38. The highest BCUT2D eigenvalue weighted by Gasteiger charge is 2.35. The SMILES string of the molecule is CC1(C(=O)N[C@@H](CC(=O)O)C(=O)O)CCC=CCCC1. The summed E-state index contributed by atoms with van der Waals surface area (Å²) < 4.78 is 0. The third kappa shape index (κ3) is 4.68. The maximum Gasteiger partial charge on any atom is 0.326 e. The number of carboxylic acids is 2. The topological polar surface area (TPSA) is 104 Å². The van der Waals surface area contributed by atoms with Gasteiger partial charge in [0, 0.05) is 5.41 Å². The van der Waals surface area contributed by atoms with Gasteiger partial charge in [-0.2, -0.15) is 0 Å². The van der Waals surface area contributed by atoms with E-state index in [2.05, 4.69) is 11.4 Å². The van der Waals surface area contributed by atoms with Crippen LogP contribution < -0.4 is 5.32 Å². The first kappa shape index (κ1) is 16.2. The Morgan fingerprint density at radius 1 is 1.20 bits per heavy atom. The normalized spacial score (nSPS) is 24.2. The van der Waals surface area contributed by atoms with Crippen molar-refractivity contribution < 1.29 is 24.6 Å². The van der Waals surface area contributed by atoms with Crippen LogP contribution in [0.1, 0.15) is 45.4 Å². The average Bonchev–Trinajstić information content (AvgIpc) is 2.32. The zero-order valence-electron chi connectivity index (χ0n) is 11.6. The van der Waals surface area contributed by atoms with Crippen LogP contribution in [0.2, 0.25) is 0 Å². The van der Waals surface area contributed by atoms with Crippen LogP contribution >= 0.6 is 0 Å². The lowest BCUT2D eigenvalue weighted by Crippen LogP contribution is -2.48. The second-order valence-electron chi connectivity index (χ2n) is 5.43. The molecule has 0 radical (unpaired) electrons. The molecular formula is C14H21NO5. The molecule has 0 saturated carbocycles. The Morgan fingerprint density at radius 3 is 2.45 bits per heavy atom. The Labute approximate surface area is 117 Å². The Balaban J connectivity index is 2.73. The molecule has 0 saturated heterocycles. The summed E-state index contributed by atoms with van der Waals surface area (Å²) in [6, 6.07) is -1.38. The average molecular weight is 283 g/mol. The van der Waals surface area contributed by atoms with E-state index in [9.17, 15) is 14.4 Å². The summed E-state index contributed by atoms with van der Waals surface area (Å²) in [4.78, 5) is 33.9. The maximum atomic E-state index is 12.3. The highest BCUT2D eigenvalue weighted by Crippen LogP contribution is 2.32. The maximum absolute atomic E-state index is 12.3. The number of amides is 1. The zero-order chi connectivity index (χ0) is 15.2. The Bertz CT molecular complexity index is 418. The number of hydrogen-bond acceptors (Lipinski definition) is 3. The third-order valence-electron chi connectivity index (χ3n) is 3.66. The number of nitrogens with one attached hydrogen (secondary N) is 1. The van der Waals surface area contributed by atoms with Gasteiger partial charge in [0.25, 0.3) is 0 Å².